The van der Waals surface area contributed by atoms with Crippen LogP contribution in [0.4, 0.5) is 5.69 Å². The van der Waals surface area contributed by atoms with E-state index in [2.05, 4.69) is 25.1 Å². The molecule has 39 heavy (non-hydrogen) atoms. The van der Waals surface area contributed by atoms with Gasteiger partial charge in [0.25, 0.3) is 5.91 Å². The van der Waals surface area contributed by atoms with E-state index in [1.54, 1.807) is 24.2 Å². The lowest BCUT2D eigenvalue weighted by molar-refractivity contribution is 0.0741. The zero-order chi connectivity index (χ0) is 26.6. The molecule has 1 aliphatic rings. The van der Waals surface area contributed by atoms with E-state index in [0.29, 0.717) is 24.5 Å². The summed E-state index contributed by atoms with van der Waals surface area (Å²) >= 11 is 9.39. The van der Waals surface area contributed by atoms with Crippen molar-refractivity contribution in [2.45, 2.75) is 10.9 Å². The Balaban J connectivity index is 1.13. The molecule has 11 heteroatoms. The fourth-order valence-corrected chi connectivity index (χ4v) is 6.47. The van der Waals surface area contributed by atoms with Gasteiger partial charge in [-0.2, -0.15) is 0 Å². The van der Waals surface area contributed by atoms with Gasteiger partial charge in [-0.05, 0) is 36.4 Å². The first-order valence-corrected chi connectivity index (χ1v) is 14.7. The first kappa shape index (κ1) is 25.5. The second-order valence-corrected chi connectivity index (χ2v) is 11.2. The Labute approximate surface area is 239 Å². The fourth-order valence-electron chi connectivity index (χ4n) is 4.48. The fraction of sp³-hybridized carbons (Fsp3) is 0.179. The van der Waals surface area contributed by atoms with E-state index in [-0.39, 0.29) is 5.91 Å². The monoisotopic (exact) mass is 573 g/mol. The van der Waals surface area contributed by atoms with Crippen LogP contribution in [0.3, 0.4) is 0 Å². The van der Waals surface area contributed by atoms with Gasteiger partial charge in [-0.1, -0.05) is 53.7 Å². The summed E-state index contributed by atoms with van der Waals surface area (Å²) in [6.45, 7) is 2.72. The van der Waals surface area contributed by atoms with Crippen LogP contribution in [-0.2, 0) is 5.75 Å². The molecule has 1 amide bonds. The number of para-hydroxylation sites is 2. The molecule has 0 bridgehead atoms. The smallest absolute Gasteiger partial charge is 0.273 e. The summed E-state index contributed by atoms with van der Waals surface area (Å²) in [5.41, 5.74) is 3.35. The number of anilines is 1. The zero-order valence-corrected chi connectivity index (χ0v) is 23.2. The first-order valence-electron chi connectivity index (χ1n) is 12.4. The lowest BCUT2D eigenvalue weighted by atomic mass is 10.2. The quantitative estimate of drug-likeness (QED) is 0.231. The van der Waals surface area contributed by atoms with Crippen LogP contribution in [0, 0.1) is 0 Å². The van der Waals surface area contributed by atoms with Gasteiger partial charge in [-0.15, -0.1) is 21.5 Å². The molecule has 0 N–H and O–H groups in total. The van der Waals surface area contributed by atoms with Crippen LogP contribution < -0.4 is 4.90 Å². The number of hydrogen-bond acceptors (Lipinski definition) is 8. The molecule has 6 rings (SSSR count). The summed E-state index contributed by atoms with van der Waals surface area (Å²) in [6, 6.07) is 21.7. The number of aromatic nitrogens is 5. The van der Waals surface area contributed by atoms with Crippen LogP contribution >= 0.6 is 34.7 Å². The van der Waals surface area contributed by atoms with Gasteiger partial charge >= 0.3 is 0 Å². The molecule has 196 valence electrons. The predicted molar refractivity (Wildman–Crippen MR) is 156 cm³/mol. The molecule has 3 aromatic heterocycles. The Morgan fingerprint density at radius 1 is 0.949 bits per heavy atom. The van der Waals surface area contributed by atoms with Gasteiger partial charge in [0, 0.05) is 55.2 Å². The van der Waals surface area contributed by atoms with E-state index in [1.165, 1.54) is 11.3 Å². The van der Waals surface area contributed by atoms with E-state index in [9.17, 15) is 4.79 Å². The highest BCUT2D eigenvalue weighted by atomic mass is 35.5. The Bertz CT molecular complexity index is 1570. The minimum atomic E-state index is -0.0346. The SMILES string of the molecule is O=C(c1csc(CSc2nnc(-c3cccnc3)n2-c2ccccc2)n1)N1CCN(c2ccccc2Cl)CC1. The number of carbonyl (C=O) groups excluding carboxylic acids is 1. The number of rotatable bonds is 7. The Hall–Kier alpha value is -3.73. The van der Waals surface area contributed by atoms with Crippen LogP contribution in [0.15, 0.2) is 89.7 Å². The van der Waals surface area contributed by atoms with Crippen LogP contribution in [0.25, 0.3) is 17.1 Å². The third-order valence-corrected chi connectivity index (χ3v) is 8.71. The number of thiazole rings is 1. The lowest BCUT2D eigenvalue weighted by Crippen LogP contribution is -2.49. The van der Waals surface area contributed by atoms with Crippen LogP contribution in [-0.4, -0.2) is 61.7 Å². The first-order chi connectivity index (χ1) is 19.2. The predicted octanol–water partition coefficient (Wildman–Crippen LogP) is 5.69. The number of thioether (sulfide) groups is 1. The standard InChI is InChI=1S/C28H24ClN7OS2/c29-22-10-4-5-11-24(22)34-13-15-35(16-14-34)27(37)23-18-38-25(31-23)19-39-28-33-32-26(20-7-6-12-30-17-20)36(28)21-8-2-1-3-9-21/h1-12,17-18H,13-16,19H2. The molecule has 1 aliphatic heterocycles. The van der Waals surface area contributed by atoms with Crippen LogP contribution in [0.5, 0.6) is 0 Å². The van der Waals surface area contributed by atoms with Gasteiger partial charge in [-0.3, -0.25) is 14.3 Å². The number of nitrogens with zero attached hydrogens (tertiary/aromatic N) is 7. The van der Waals surface area contributed by atoms with Crippen molar-refractivity contribution in [1.82, 2.24) is 29.6 Å². The van der Waals surface area contributed by atoms with Crippen molar-refractivity contribution in [3.63, 3.8) is 0 Å². The average molecular weight is 574 g/mol. The van der Waals surface area contributed by atoms with Gasteiger partial charge in [0.2, 0.25) is 0 Å². The highest BCUT2D eigenvalue weighted by molar-refractivity contribution is 7.98. The Kier molecular flexibility index (Phi) is 7.57. The molecule has 1 fully saturated rings. The highest BCUT2D eigenvalue weighted by Crippen LogP contribution is 2.31. The van der Waals surface area contributed by atoms with Gasteiger partial charge in [0.1, 0.15) is 10.7 Å². The second kappa shape index (κ2) is 11.6. The molecular weight excluding hydrogens is 550 g/mol. The van der Waals surface area contributed by atoms with E-state index in [1.807, 2.05) is 81.6 Å². The summed E-state index contributed by atoms with van der Waals surface area (Å²) in [6.07, 6.45) is 3.52. The highest BCUT2D eigenvalue weighted by Gasteiger charge is 2.25. The summed E-state index contributed by atoms with van der Waals surface area (Å²) in [4.78, 5) is 26.2. The maximum absolute atomic E-state index is 13.2. The van der Waals surface area contributed by atoms with Crippen molar-refractivity contribution in [1.29, 1.82) is 0 Å². The van der Waals surface area contributed by atoms with Gasteiger partial charge in [0.05, 0.1) is 16.5 Å². The number of halogens is 1. The summed E-state index contributed by atoms with van der Waals surface area (Å²) in [5.74, 6) is 1.27. The molecule has 0 saturated carbocycles. The maximum Gasteiger partial charge on any atom is 0.273 e. The molecule has 5 aromatic rings. The molecule has 1 saturated heterocycles. The maximum atomic E-state index is 13.2. The summed E-state index contributed by atoms with van der Waals surface area (Å²) < 4.78 is 2.03. The third kappa shape index (κ3) is 5.54. The van der Waals surface area contributed by atoms with E-state index < -0.39 is 0 Å². The van der Waals surface area contributed by atoms with Gasteiger partial charge < -0.3 is 9.80 Å². The van der Waals surface area contributed by atoms with Crippen molar-refractivity contribution in [2.75, 3.05) is 31.1 Å². The van der Waals surface area contributed by atoms with Crippen LogP contribution in [0.1, 0.15) is 15.5 Å². The normalized spacial score (nSPS) is 13.6. The minimum Gasteiger partial charge on any atom is -0.367 e. The molecule has 4 heterocycles. The van der Waals surface area contributed by atoms with Crippen LogP contribution in [0.2, 0.25) is 5.02 Å². The number of amides is 1. The summed E-state index contributed by atoms with van der Waals surface area (Å²) in [5, 5.41) is 13.1. The number of benzene rings is 2. The number of pyridine rings is 1. The Morgan fingerprint density at radius 2 is 1.74 bits per heavy atom. The Morgan fingerprint density at radius 3 is 2.51 bits per heavy atom. The largest absolute Gasteiger partial charge is 0.367 e. The minimum absolute atomic E-state index is 0.0346. The molecule has 0 spiro atoms. The van der Waals surface area contributed by atoms with E-state index in [4.69, 9.17) is 11.6 Å². The molecular formula is C28H24ClN7OS2. The average Bonchev–Trinajstić information content (AvgIpc) is 3.64. The van der Waals surface area contributed by atoms with Gasteiger partial charge in [0.15, 0.2) is 11.0 Å². The molecule has 8 nitrogen and oxygen atoms in total. The molecule has 0 radical (unpaired) electrons. The van der Waals surface area contributed by atoms with E-state index in [0.717, 1.165) is 51.0 Å². The van der Waals surface area contributed by atoms with E-state index >= 15 is 0 Å². The van der Waals surface area contributed by atoms with Crippen molar-refractivity contribution in [3.05, 3.63) is 100 Å². The van der Waals surface area contributed by atoms with Crippen molar-refractivity contribution >= 4 is 46.3 Å². The van der Waals surface area contributed by atoms with Crippen molar-refractivity contribution in [3.8, 4) is 17.1 Å². The lowest BCUT2D eigenvalue weighted by Gasteiger charge is -2.36. The number of carbonyl (C=O) groups is 1. The van der Waals surface area contributed by atoms with Crippen molar-refractivity contribution in [2.24, 2.45) is 0 Å². The molecule has 2 aromatic carbocycles. The summed E-state index contributed by atoms with van der Waals surface area (Å²) in [7, 11) is 0. The number of hydrogen-bond donors (Lipinski definition) is 0. The van der Waals surface area contributed by atoms with Gasteiger partial charge in [-0.25, -0.2) is 4.98 Å². The number of piperazine rings is 1. The third-order valence-electron chi connectivity index (χ3n) is 6.42. The van der Waals surface area contributed by atoms with Crippen molar-refractivity contribution < 1.29 is 4.79 Å². The topological polar surface area (TPSA) is 80.0 Å². The second-order valence-electron chi connectivity index (χ2n) is 8.86. The molecule has 0 aliphatic carbocycles. The molecule has 0 atom stereocenters. The zero-order valence-electron chi connectivity index (χ0n) is 20.9. The molecule has 0 unspecified atom stereocenters.